The number of benzene rings is 1. The van der Waals surface area contributed by atoms with Gasteiger partial charge in [0.2, 0.25) is 0 Å². The Bertz CT molecular complexity index is 1060. The minimum Gasteiger partial charge on any atom is -0.389 e. The molecule has 0 spiro atoms. The average molecular weight is 442 g/mol. The molecule has 0 aliphatic heterocycles. The summed E-state index contributed by atoms with van der Waals surface area (Å²) in [6, 6.07) is 9.74. The molecule has 31 heavy (non-hydrogen) atoms. The van der Waals surface area contributed by atoms with Crippen LogP contribution in [0.1, 0.15) is 43.7 Å². The first-order chi connectivity index (χ1) is 15.1. The number of aliphatic hydroxyl groups excluding tert-OH is 2. The van der Waals surface area contributed by atoms with Gasteiger partial charge in [-0.05, 0) is 24.8 Å². The summed E-state index contributed by atoms with van der Waals surface area (Å²) in [6.45, 7) is 2.11. The fraction of sp³-hybridized carbons (Fsp3) is 0.524. The number of nitrogens with one attached hydrogen (secondary N) is 1. The third kappa shape index (κ3) is 3.89. The molecule has 0 radical (unpaired) electrons. The minimum atomic E-state index is -1.01. The van der Waals surface area contributed by atoms with Gasteiger partial charge in [0, 0.05) is 23.8 Å². The van der Waals surface area contributed by atoms with E-state index in [1.54, 1.807) is 16.4 Å². The quantitative estimate of drug-likeness (QED) is 0.319. The molecule has 2 fully saturated rings. The summed E-state index contributed by atoms with van der Waals surface area (Å²) < 4.78 is 1.60. The van der Waals surface area contributed by atoms with Gasteiger partial charge in [-0.2, -0.15) is 0 Å². The Kier molecular flexibility index (Phi) is 5.55. The molecule has 2 aliphatic rings. The van der Waals surface area contributed by atoms with E-state index in [2.05, 4.69) is 51.8 Å². The second-order valence-electron chi connectivity index (χ2n) is 8.36. The van der Waals surface area contributed by atoms with Crippen LogP contribution in [0, 0.1) is 0 Å². The van der Waals surface area contributed by atoms with E-state index in [1.165, 1.54) is 5.56 Å². The summed E-state index contributed by atoms with van der Waals surface area (Å²) in [5.41, 5.74) is 8.40. The van der Waals surface area contributed by atoms with Gasteiger partial charge in [0.05, 0.1) is 12.1 Å². The molecule has 2 aromatic heterocycles. The lowest BCUT2D eigenvalue weighted by molar-refractivity contribution is 0.0163. The Labute approximate surface area is 184 Å². The van der Waals surface area contributed by atoms with Crippen molar-refractivity contribution < 1.29 is 10.2 Å². The number of hydrogen-bond donors (Lipinski definition) is 4. The molecule has 0 amide bonds. The molecule has 0 bridgehead atoms. The Morgan fingerprint density at radius 1 is 1.16 bits per heavy atom. The molecular weight excluding hydrogens is 414 g/mol. The Hall–Kier alpha value is -2.27. The topological polar surface area (TPSA) is 135 Å². The maximum absolute atomic E-state index is 10.5. The predicted octanol–water partition coefficient (Wildman–Crippen LogP) is 1.69. The van der Waals surface area contributed by atoms with Crippen LogP contribution in [0.25, 0.3) is 11.2 Å². The molecule has 6 atom stereocenters. The van der Waals surface area contributed by atoms with E-state index in [1.807, 2.05) is 6.07 Å². The van der Waals surface area contributed by atoms with E-state index >= 15 is 0 Å². The van der Waals surface area contributed by atoms with Gasteiger partial charge in [-0.3, -0.25) is 0 Å². The molecule has 5 N–H and O–H groups in total. The maximum atomic E-state index is 10.5. The van der Waals surface area contributed by atoms with Crippen LogP contribution < -0.4 is 11.1 Å². The number of aromatic nitrogens is 5. The van der Waals surface area contributed by atoms with Crippen LogP contribution in [-0.2, 0) is 0 Å². The SMILES string of the molecule is CCCSc1nc(NC2CC2c2ccccc2)c2nnn([C@@H]3C[C@@H](N)[C@@H](O)[C@H]3O)c2n1. The lowest BCUT2D eigenvalue weighted by atomic mass is 10.1. The lowest BCUT2D eigenvalue weighted by Crippen LogP contribution is -2.36. The first kappa shape index (κ1) is 20.6. The van der Waals surface area contributed by atoms with Gasteiger partial charge in [0.15, 0.2) is 22.1 Å². The van der Waals surface area contributed by atoms with Gasteiger partial charge in [0.25, 0.3) is 0 Å². The highest BCUT2D eigenvalue weighted by atomic mass is 32.2. The molecule has 2 saturated carbocycles. The van der Waals surface area contributed by atoms with Crippen molar-refractivity contribution in [2.24, 2.45) is 5.73 Å². The molecule has 2 aliphatic carbocycles. The van der Waals surface area contributed by atoms with Crippen LogP contribution in [0.3, 0.4) is 0 Å². The van der Waals surface area contributed by atoms with Crippen molar-refractivity contribution in [2.75, 3.05) is 11.1 Å². The lowest BCUT2D eigenvalue weighted by Gasteiger charge is -2.16. The van der Waals surface area contributed by atoms with E-state index in [-0.39, 0.29) is 6.04 Å². The number of nitrogens with two attached hydrogens (primary N) is 1. The molecule has 10 heteroatoms. The number of fused-ring (bicyclic) bond motifs is 1. The first-order valence-corrected chi connectivity index (χ1v) is 11.7. The molecule has 9 nitrogen and oxygen atoms in total. The van der Waals surface area contributed by atoms with Crippen molar-refractivity contribution in [3.8, 4) is 0 Å². The highest BCUT2D eigenvalue weighted by molar-refractivity contribution is 7.99. The summed E-state index contributed by atoms with van der Waals surface area (Å²) in [6.07, 6.45) is 0.445. The second-order valence-corrected chi connectivity index (χ2v) is 9.42. The van der Waals surface area contributed by atoms with Crippen LogP contribution in [0.2, 0.25) is 0 Å². The normalized spacial score (nSPS) is 30.1. The van der Waals surface area contributed by atoms with Crippen LogP contribution >= 0.6 is 11.8 Å². The van der Waals surface area contributed by atoms with E-state index in [0.717, 1.165) is 18.6 Å². The number of nitrogens with zero attached hydrogens (tertiary/aromatic N) is 5. The smallest absolute Gasteiger partial charge is 0.191 e. The zero-order chi connectivity index (χ0) is 21.5. The Balaban J connectivity index is 1.47. The highest BCUT2D eigenvalue weighted by Gasteiger charge is 2.43. The molecular formula is C21H27N7O2S. The van der Waals surface area contributed by atoms with Crippen molar-refractivity contribution in [1.29, 1.82) is 0 Å². The van der Waals surface area contributed by atoms with E-state index < -0.39 is 24.3 Å². The summed E-state index contributed by atoms with van der Waals surface area (Å²) in [5.74, 6) is 2.01. The van der Waals surface area contributed by atoms with Crippen molar-refractivity contribution in [3.63, 3.8) is 0 Å². The van der Waals surface area contributed by atoms with Crippen LogP contribution in [-0.4, -0.2) is 65.2 Å². The fourth-order valence-corrected chi connectivity index (χ4v) is 4.97. The van der Waals surface area contributed by atoms with Gasteiger partial charge in [-0.15, -0.1) is 5.10 Å². The number of anilines is 1. The molecule has 2 unspecified atom stereocenters. The molecule has 1 aromatic carbocycles. The zero-order valence-electron chi connectivity index (χ0n) is 17.3. The Morgan fingerprint density at radius 3 is 2.68 bits per heavy atom. The molecule has 2 heterocycles. The number of aliphatic hydroxyl groups is 2. The largest absolute Gasteiger partial charge is 0.389 e. The van der Waals surface area contributed by atoms with Crippen LogP contribution in [0.15, 0.2) is 35.5 Å². The fourth-order valence-electron chi connectivity index (χ4n) is 4.27. The van der Waals surface area contributed by atoms with Gasteiger partial charge in [-0.25, -0.2) is 14.6 Å². The van der Waals surface area contributed by atoms with Gasteiger partial charge in [0.1, 0.15) is 6.10 Å². The summed E-state index contributed by atoms with van der Waals surface area (Å²) in [7, 11) is 0. The standard InChI is InChI=1S/C21H27N7O2S/c1-2-8-31-21-24-19(23-14-9-12(14)11-6-4-3-5-7-11)16-20(25-21)28(27-26-16)15-10-13(22)17(29)18(15)30/h3-7,12-15,17-18,29-30H,2,8-10,22H2,1H3,(H,23,24,25)/t12?,13-,14?,15-,17-,18+/m1/s1. The monoisotopic (exact) mass is 441 g/mol. The third-order valence-corrected chi connectivity index (χ3v) is 7.14. The molecule has 0 saturated heterocycles. The predicted molar refractivity (Wildman–Crippen MR) is 119 cm³/mol. The molecule has 3 aromatic rings. The van der Waals surface area contributed by atoms with Crippen molar-refractivity contribution in [1.82, 2.24) is 25.0 Å². The minimum absolute atomic E-state index is 0.280. The zero-order valence-corrected chi connectivity index (χ0v) is 18.1. The van der Waals surface area contributed by atoms with Crippen LogP contribution in [0.4, 0.5) is 5.82 Å². The summed E-state index contributed by atoms with van der Waals surface area (Å²) in [4.78, 5) is 9.41. The summed E-state index contributed by atoms with van der Waals surface area (Å²) >= 11 is 1.58. The van der Waals surface area contributed by atoms with E-state index in [4.69, 9.17) is 10.7 Å². The molecule has 5 rings (SSSR count). The van der Waals surface area contributed by atoms with Crippen molar-refractivity contribution in [3.05, 3.63) is 35.9 Å². The Morgan fingerprint density at radius 2 is 1.97 bits per heavy atom. The number of hydrogen-bond acceptors (Lipinski definition) is 9. The second kappa shape index (κ2) is 8.34. The van der Waals surface area contributed by atoms with E-state index in [0.29, 0.717) is 34.5 Å². The number of thioether (sulfide) groups is 1. The van der Waals surface area contributed by atoms with Crippen molar-refractivity contribution in [2.45, 2.75) is 67.6 Å². The maximum Gasteiger partial charge on any atom is 0.191 e. The highest BCUT2D eigenvalue weighted by Crippen LogP contribution is 2.43. The number of rotatable bonds is 7. The average Bonchev–Trinajstić information content (AvgIpc) is 3.35. The third-order valence-electron chi connectivity index (χ3n) is 6.09. The van der Waals surface area contributed by atoms with E-state index in [9.17, 15) is 10.2 Å². The van der Waals surface area contributed by atoms with Crippen molar-refractivity contribution >= 4 is 28.7 Å². The van der Waals surface area contributed by atoms with Gasteiger partial charge in [-0.1, -0.05) is 54.2 Å². The molecule has 164 valence electrons. The van der Waals surface area contributed by atoms with Crippen LogP contribution in [0.5, 0.6) is 0 Å². The van der Waals surface area contributed by atoms with Gasteiger partial charge < -0.3 is 21.3 Å². The summed E-state index contributed by atoms with van der Waals surface area (Å²) in [5, 5.41) is 33.4. The first-order valence-electron chi connectivity index (χ1n) is 10.8. The van der Waals surface area contributed by atoms with Gasteiger partial charge >= 0.3 is 0 Å².